The van der Waals surface area contributed by atoms with Crippen LogP contribution in [0.15, 0.2) is 33.3 Å². The second-order valence-corrected chi connectivity index (χ2v) is 7.21. The lowest BCUT2D eigenvalue weighted by molar-refractivity contribution is -0.139. The van der Waals surface area contributed by atoms with E-state index in [1.54, 1.807) is 31.2 Å². The molecule has 2 aromatic rings. The summed E-state index contributed by atoms with van der Waals surface area (Å²) in [6.45, 7) is 5.84. The first kappa shape index (κ1) is 20.0. The Morgan fingerprint density at radius 3 is 2.62 bits per heavy atom. The fourth-order valence-corrected chi connectivity index (χ4v) is 2.82. The second kappa shape index (κ2) is 8.84. The molecule has 1 heterocycles. The van der Waals surface area contributed by atoms with Gasteiger partial charge in [-0.15, -0.1) is 0 Å². The molecule has 1 aromatic carbocycles. The Bertz CT molecular complexity index is 788. The van der Waals surface area contributed by atoms with Gasteiger partial charge in [0.25, 0.3) is 5.91 Å². The highest BCUT2D eigenvalue weighted by Gasteiger charge is 2.22. The summed E-state index contributed by atoms with van der Waals surface area (Å²) in [6.07, 6.45) is 0.362. The summed E-state index contributed by atoms with van der Waals surface area (Å²) in [5, 5.41) is 15.6. The van der Waals surface area contributed by atoms with E-state index >= 15 is 0 Å². The van der Waals surface area contributed by atoms with Crippen molar-refractivity contribution in [1.29, 1.82) is 0 Å². The maximum absolute atomic E-state index is 12.3. The minimum absolute atomic E-state index is 0.152. The van der Waals surface area contributed by atoms with Gasteiger partial charge in [0, 0.05) is 11.6 Å². The Hall–Kier alpha value is -2.35. The highest BCUT2D eigenvalue weighted by Crippen LogP contribution is 2.27. The van der Waals surface area contributed by atoms with Crippen molar-refractivity contribution in [3.05, 3.63) is 45.8 Å². The zero-order valence-corrected chi connectivity index (χ0v) is 16.4. The molecule has 2 rings (SSSR count). The molecular weight excluding hydrogens is 404 g/mol. The number of aryl methyl sites for hydroxylation is 1. The number of halogens is 1. The van der Waals surface area contributed by atoms with Gasteiger partial charge >= 0.3 is 5.97 Å². The second-order valence-electron chi connectivity index (χ2n) is 6.36. The van der Waals surface area contributed by atoms with Crippen LogP contribution in [0, 0.1) is 12.8 Å². The van der Waals surface area contributed by atoms with Crippen molar-refractivity contribution in [3.63, 3.8) is 0 Å². The van der Waals surface area contributed by atoms with Gasteiger partial charge in [0.15, 0.2) is 0 Å². The predicted molar refractivity (Wildman–Crippen MR) is 98.1 cm³/mol. The van der Waals surface area contributed by atoms with E-state index in [1.807, 2.05) is 13.8 Å². The average molecular weight is 425 g/mol. The molecular formula is C18H21BrN2O5. The zero-order valence-electron chi connectivity index (χ0n) is 14.8. The van der Waals surface area contributed by atoms with Crippen LogP contribution < -0.4 is 10.1 Å². The van der Waals surface area contributed by atoms with E-state index in [-0.39, 0.29) is 12.5 Å². The number of nitrogens with zero attached hydrogens (tertiary/aromatic N) is 1. The van der Waals surface area contributed by atoms with E-state index < -0.39 is 17.9 Å². The Labute approximate surface area is 159 Å². The molecule has 0 aliphatic heterocycles. The molecule has 1 unspecified atom stereocenters. The molecule has 0 spiro atoms. The SMILES string of the molecule is Cc1cc(COc2ccc(C(=O)NC(CC(C)C)C(=O)O)cc2Br)no1. The summed E-state index contributed by atoms with van der Waals surface area (Å²) in [6, 6.07) is 5.67. The van der Waals surface area contributed by atoms with Crippen molar-refractivity contribution in [3.8, 4) is 5.75 Å². The third kappa shape index (κ3) is 5.59. The average Bonchev–Trinajstić information content (AvgIpc) is 2.97. The third-order valence-electron chi connectivity index (χ3n) is 3.56. The summed E-state index contributed by atoms with van der Waals surface area (Å²) < 4.78 is 11.2. The number of carboxylic acid groups (broad SMARTS) is 1. The maximum Gasteiger partial charge on any atom is 0.326 e. The number of ether oxygens (including phenoxy) is 1. The molecule has 7 nitrogen and oxygen atoms in total. The first-order chi connectivity index (χ1) is 12.3. The van der Waals surface area contributed by atoms with Gasteiger partial charge < -0.3 is 19.7 Å². The number of carbonyl (C=O) groups is 2. The van der Waals surface area contributed by atoms with Gasteiger partial charge in [0.2, 0.25) is 0 Å². The number of hydrogen-bond donors (Lipinski definition) is 2. The Balaban J connectivity index is 2.02. The number of carbonyl (C=O) groups excluding carboxylic acids is 1. The summed E-state index contributed by atoms with van der Waals surface area (Å²) >= 11 is 3.36. The summed E-state index contributed by atoms with van der Waals surface area (Å²) in [5.74, 6) is -0.103. The van der Waals surface area contributed by atoms with Crippen LogP contribution in [-0.2, 0) is 11.4 Å². The lowest BCUT2D eigenvalue weighted by atomic mass is 10.0. The van der Waals surface area contributed by atoms with E-state index in [4.69, 9.17) is 9.26 Å². The van der Waals surface area contributed by atoms with Crippen molar-refractivity contribution in [1.82, 2.24) is 10.5 Å². The molecule has 0 aliphatic rings. The minimum atomic E-state index is -1.05. The van der Waals surface area contributed by atoms with Crippen molar-refractivity contribution >= 4 is 27.8 Å². The highest BCUT2D eigenvalue weighted by molar-refractivity contribution is 9.10. The van der Waals surface area contributed by atoms with E-state index in [1.165, 1.54) is 0 Å². The smallest absolute Gasteiger partial charge is 0.326 e. The molecule has 1 amide bonds. The summed E-state index contributed by atoms with van der Waals surface area (Å²) in [4.78, 5) is 23.6. The Kier molecular flexibility index (Phi) is 6.79. The quantitative estimate of drug-likeness (QED) is 0.671. The van der Waals surface area contributed by atoms with Gasteiger partial charge in [-0.1, -0.05) is 19.0 Å². The number of hydrogen-bond acceptors (Lipinski definition) is 5. The number of aliphatic carboxylic acids is 1. The van der Waals surface area contributed by atoms with Crippen LogP contribution in [-0.4, -0.2) is 28.2 Å². The van der Waals surface area contributed by atoms with Gasteiger partial charge in [-0.25, -0.2) is 4.79 Å². The number of aromatic nitrogens is 1. The first-order valence-corrected chi connectivity index (χ1v) is 8.93. The zero-order chi connectivity index (χ0) is 19.3. The molecule has 0 saturated heterocycles. The molecule has 0 aliphatic carbocycles. The van der Waals surface area contributed by atoms with Crippen molar-refractivity contribution in [2.45, 2.75) is 39.8 Å². The summed E-state index contributed by atoms with van der Waals surface area (Å²) in [7, 11) is 0. The molecule has 2 N–H and O–H groups in total. The fraction of sp³-hybridized carbons (Fsp3) is 0.389. The Morgan fingerprint density at radius 1 is 1.35 bits per heavy atom. The van der Waals surface area contributed by atoms with Gasteiger partial charge in [-0.2, -0.15) is 0 Å². The van der Waals surface area contributed by atoms with Crippen LogP contribution in [0.4, 0.5) is 0 Å². The standard InChI is InChI=1S/C18H21BrN2O5/c1-10(2)6-15(18(23)24)20-17(22)12-4-5-16(14(19)8-12)25-9-13-7-11(3)26-21-13/h4-5,7-8,10,15H,6,9H2,1-3H3,(H,20,22)(H,23,24). The summed E-state index contributed by atoms with van der Waals surface area (Å²) in [5.41, 5.74) is 1.01. The fourth-order valence-electron chi connectivity index (χ4n) is 2.33. The number of amides is 1. The van der Waals surface area contributed by atoms with Crippen LogP contribution in [0.3, 0.4) is 0 Å². The van der Waals surface area contributed by atoms with Crippen molar-refractivity contribution in [2.24, 2.45) is 5.92 Å². The van der Waals surface area contributed by atoms with Crippen LogP contribution in [0.5, 0.6) is 5.75 Å². The number of rotatable bonds is 8. The number of nitrogens with one attached hydrogen (secondary N) is 1. The van der Waals surface area contributed by atoms with Crippen LogP contribution in [0.2, 0.25) is 0 Å². The van der Waals surface area contributed by atoms with Crippen molar-refractivity contribution in [2.75, 3.05) is 0 Å². The van der Waals surface area contributed by atoms with E-state index in [9.17, 15) is 14.7 Å². The highest BCUT2D eigenvalue weighted by atomic mass is 79.9. The number of benzene rings is 1. The molecule has 26 heavy (non-hydrogen) atoms. The van der Waals surface area contributed by atoms with Crippen molar-refractivity contribution < 1.29 is 24.0 Å². The molecule has 0 bridgehead atoms. The largest absolute Gasteiger partial charge is 0.486 e. The lowest BCUT2D eigenvalue weighted by Gasteiger charge is -2.17. The first-order valence-electron chi connectivity index (χ1n) is 8.14. The van der Waals surface area contributed by atoms with E-state index in [0.717, 1.165) is 0 Å². The van der Waals surface area contributed by atoms with Gasteiger partial charge in [-0.05, 0) is 53.4 Å². The van der Waals surface area contributed by atoms with E-state index in [0.29, 0.717) is 33.7 Å². The van der Waals surface area contributed by atoms with E-state index in [2.05, 4.69) is 26.4 Å². The normalized spacial score (nSPS) is 12.0. The third-order valence-corrected chi connectivity index (χ3v) is 4.18. The van der Waals surface area contributed by atoms with Crippen LogP contribution in [0.25, 0.3) is 0 Å². The van der Waals surface area contributed by atoms with Crippen LogP contribution >= 0.6 is 15.9 Å². The molecule has 0 saturated carbocycles. The molecule has 1 atom stereocenters. The van der Waals surface area contributed by atoms with Gasteiger partial charge in [-0.3, -0.25) is 4.79 Å². The Morgan fingerprint density at radius 2 is 2.08 bits per heavy atom. The monoisotopic (exact) mass is 424 g/mol. The predicted octanol–water partition coefficient (Wildman–Crippen LogP) is 3.55. The molecule has 1 aromatic heterocycles. The molecule has 140 valence electrons. The van der Waals surface area contributed by atoms with Gasteiger partial charge in [0.05, 0.1) is 4.47 Å². The number of carboxylic acids is 1. The maximum atomic E-state index is 12.3. The topological polar surface area (TPSA) is 102 Å². The minimum Gasteiger partial charge on any atom is -0.486 e. The van der Waals surface area contributed by atoms with Gasteiger partial charge in [0.1, 0.15) is 29.9 Å². The molecule has 0 radical (unpaired) electrons. The molecule has 8 heteroatoms. The molecule has 0 fully saturated rings. The van der Waals surface area contributed by atoms with Crippen LogP contribution in [0.1, 0.15) is 42.1 Å². The lowest BCUT2D eigenvalue weighted by Crippen LogP contribution is -2.41.